The van der Waals surface area contributed by atoms with Crippen LogP contribution in [0.1, 0.15) is 6.42 Å². The molecule has 84 valence electrons. The SMILES string of the molecule is O=C(CCCl)Nc1cc(-c2cccs2)no1. The molecule has 0 aromatic carbocycles. The monoisotopic (exact) mass is 256 g/mol. The Morgan fingerprint density at radius 2 is 2.50 bits per heavy atom. The molecule has 1 N–H and O–H groups in total. The van der Waals surface area contributed by atoms with Crippen LogP contribution in [0.5, 0.6) is 0 Å². The molecule has 2 heterocycles. The van der Waals surface area contributed by atoms with Crippen LogP contribution in [0.15, 0.2) is 28.1 Å². The second kappa shape index (κ2) is 5.14. The number of hydrogen-bond donors (Lipinski definition) is 1. The summed E-state index contributed by atoms with van der Waals surface area (Å²) in [5, 5.41) is 8.39. The Morgan fingerprint density at radius 1 is 1.62 bits per heavy atom. The summed E-state index contributed by atoms with van der Waals surface area (Å²) < 4.78 is 4.99. The Kier molecular flexibility index (Phi) is 3.58. The Morgan fingerprint density at radius 3 is 3.19 bits per heavy atom. The maximum absolute atomic E-state index is 11.2. The molecule has 1 amide bonds. The van der Waals surface area contributed by atoms with Gasteiger partial charge in [0.2, 0.25) is 11.8 Å². The summed E-state index contributed by atoms with van der Waals surface area (Å²) in [7, 11) is 0. The normalized spacial score (nSPS) is 10.3. The Bertz CT molecular complexity index is 467. The fourth-order valence-electron chi connectivity index (χ4n) is 1.16. The van der Waals surface area contributed by atoms with E-state index >= 15 is 0 Å². The van der Waals surface area contributed by atoms with E-state index in [9.17, 15) is 4.79 Å². The van der Waals surface area contributed by atoms with Gasteiger partial charge in [-0.2, -0.15) is 0 Å². The van der Waals surface area contributed by atoms with E-state index in [1.807, 2.05) is 17.5 Å². The van der Waals surface area contributed by atoms with E-state index in [1.165, 1.54) is 0 Å². The van der Waals surface area contributed by atoms with Crippen molar-refractivity contribution >= 4 is 34.7 Å². The van der Waals surface area contributed by atoms with Gasteiger partial charge in [-0.3, -0.25) is 10.1 Å². The molecule has 0 aliphatic rings. The van der Waals surface area contributed by atoms with E-state index in [4.69, 9.17) is 16.1 Å². The first-order valence-corrected chi connectivity index (χ1v) is 6.07. The molecule has 2 aromatic rings. The quantitative estimate of drug-likeness (QED) is 0.856. The minimum absolute atomic E-state index is 0.177. The maximum Gasteiger partial charge on any atom is 0.231 e. The fraction of sp³-hybridized carbons (Fsp3) is 0.200. The summed E-state index contributed by atoms with van der Waals surface area (Å²) in [6.07, 6.45) is 0.261. The van der Waals surface area contributed by atoms with Crippen LogP contribution >= 0.6 is 22.9 Å². The lowest BCUT2D eigenvalue weighted by molar-refractivity contribution is -0.115. The smallest absolute Gasteiger partial charge is 0.231 e. The molecule has 0 spiro atoms. The molecule has 0 aliphatic carbocycles. The summed E-state index contributed by atoms with van der Waals surface area (Å²) in [6, 6.07) is 5.56. The molecule has 0 saturated carbocycles. The average molecular weight is 257 g/mol. The molecular weight excluding hydrogens is 248 g/mol. The lowest BCUT2D eigenvalue weighted by atomic mass is 10.3. The van der Waals surface area contributed by atoms with Crippen molar-refractivity contribution in [3.05, 3.63) is 23.6 Å². The molecule has 6 heteroatoms. The third-order valence-corrected chi connectivity index (χ3v) is 2.95. The summed E-state index contributed by atoms with van der Waals surface area (Å²) in [5.74, 6) is 0.458. The van der Waals surface area contributed by atoms with Gasteiger partial charge >= 0.3 is 0 Å². The van der Waals surface area contributed by atoms with Crippen LogP contribution < -0.4 is 5.32 Å². The van der Waals surface area contributed by atoms with Gasteiger partial charge in [-0.15, -0.1) is 22.9 Å². The first kappa shape index (κ1) is 11.2. The second-order valence-corrected chi connectivity index (χ2v) is 4.37. The molecule has 16 heavy (non-hydrogen) atoms. The minimum atomic E-state index is -0.177. The molecule has 2 rings (SSSR count). The topological polar surface area (TPSA) is 55.1 Å². The molecular formula is C10H9ClN2O2S. The van der Waals surface area contributed by atoms with Crippen molar-refractivity contribution in [2.75, 3.05) is 11.2 Å². The number of nitrogens with one attached hydrogen (secondary N) is 1. The van der Waals surface area contributed by atoms with Gasteiger partial charge in [-0.1, -0.05) is 11.2 Å². The first-order chi connectivity index (χ1) is 7.79. The van der Waals surface area contributed by atoms with E-state index in [-0.39, 0.29) is 18.2 Å². The van der Waals surface area contributed by atoms with E-state index in [0.717, 1.165) is 10.6 Å². The van der Waals surface area contributed by atoms with E-state index in [0.29, 0.717) is 5.88 Å². The standard InChI is InChI=1S/C10H9ClN2O2S/c11-4-3-9(14)12-10-6-7(13-15-10)8-2-1-5-16-8/h1-2,5-6H,3-4H2,(H,12,14). The fourth-order valence-corrected chi connectivity index (χ4v) is 2.01. The molecule has 0 unspecified atom stereocenters. The highest BCUT2D eigenvalue weighted by Gasteiger charge is 2.09. The van der Waals surface area contributed by atoms with Crippen molar-refractivity contribution in [3.63, 3.8) is 0 Å². The third kappa shape index (κ3) is 2.62. The largest absolute Gasteiger partial charge is 0.338 e. The Hall–Kier alpha value is -1.33. The number of amides is 1. The van der Waals surface area contributed by atoms with Gasteiger partial charge in [0.05, 0.1) is 4.88 Å². The van der Waals surface area contributed by atoms with E-state index in [2.05, 4.69) is 10.5 Å². The van der Waals surface area contributed by atoms with Crippen molar-refractivity contribution in [3.8, 4) is 10.6 Å². The zero-order valence-corrected chi connectivity index (χ0v) is 9.85. The number of aromatic nitrogens is 1. The summed E-state index contributed by atoms with van der Waals surface area (Å²) >= 11 is 7.01. The third-order valence-electron chi connectivity index (χ3n) is 1.87. The number of hydrogen-bond acceptors (Lipinski definition) is 4. The van der Waals surface area contributed by atoms with Gasteiger partial charge in [0.1, 0.15) is 5.69 Å². The van der Waals surface area contributed by atoms with Crippen molar-refractivity contribution in [2.24, 2.45) is 0 Å². The van der Waals surface area contributed by atoms with Crippen LogP contribution in [0.2, 0.25) is 0 Å². The number of halogens is 1. The average Bonchev–Trinajstić information content (AvgIpc) is 2.86. The minimum Gasteiger partial charge on any atom is -0.338 e. The van der Waals surface area contributed by atoms with Crippen LogP contribution in [0, 0.1) is 0 Å². The number of alkyl halides is 1. The van der Waals surface area contributed by atoms with Crippen LogP contribution in [0.4, 0.5) is 5.88 Å². The summed E-state index contributed by atoms with van der Waals surface area (Å²) in [4.78, 5) is 12.2. The van der Waals surface area contributed by atoms with Crippen molar-refractivity contribution in [1.82, 2.24) is 5.16 Å². The van der Waals surface area contributed by atoms with Gasteiger partial charge in [-0.25, -0.2) is 0 Å². The molecule has 0 fully saturated rings. The predicted octanol–water partition coefficient (Wildman–Crippen LogP) is 2.97. The van der Waals surface area contributed by atoms with Crippen molar-refractivity contribution < 1.29 is 9.32 Å². The van der Waals surface area contributed by atoms with Gasteiger partial charge in [0, 0.05) is 18.4 Å². The predicted molar refractivity (Wildman–Crippen MR) is 63.8 cm³/mol. The molecule has 0 radical (unpaired) electrons. The van der Waals surface area contributed by atoms with Crippen LogP contribution in [0.3, 0.4) is 0 Å². The number of carbonyl (C=O) groups excluding carboxylic acids is 1. The van der Waals surface area contributed by atoms with Gasteiger partial charge < -0.3 is 4.52 Å². The number of carbonyl (C=O) groups is 1. The van der Waals surface area contributed by atoms with Crippen LogP contribution in [-0.4, -0.2) is 16.9 Å². The van der Waals surface area contributed by atoms with Gasteiger partial charge in [0.25, 0.3) is 0 Å². The zero-order chi connectivity index (χ0) is 11.4. The molecule has 2 aromatic heterocycles. The molecule has 0 atom stereocenters. The molecule has 4 nitrogen and oxygen atoms in total. The highest BCUT2D eigenvalue weighted by molar-refractivity contribution is 7.13. The number of rotatable bonds is 4. The number of anilines is 1. The highest BCUT2D eigenvalue weighted by atomic mass is 35.5. The van der Waals surface area contributed by atoms with Gasteiger partial charge in [-0.05, 0) is 11.4 Å². The first-order valence-electron chi connectivity index (χ1n) is 4.66. The molecule has 0 saturated heterocycles. The van der Waals surface area contributed by atoms with Gasteiger partial charge in [0.15, 0.2) is 0 Å². The Labute approximate surface area is 101 Å². The van der Waals surface area contributed by atoms with Crippen molar-refractivity contribution in [2.45, 2.75) is 6.42 Å². The summed E-state index contributed by atoms with van der Waals surface area (Å²) in [6.45, 7) is 0. The Balaban J connectivity index is 2.06. The lowest BCUT2D eigenvalue weighted by Gasteiger charge is -1.96. The van der Waals surface area contributed by atoms with Crippen molar-refractivity contribution in [1.29, 1.82) is 0 Å². The van der Waals surface area contributed by atoms with E-state index < -0.39 is 0 Å². The number of nitrogens with zero attached hydrogens (tertiary/aromatic N) is 1. The van der Waals surface area contributed by atoms with Crippen LogP contribution in [-0.2, 0) is 4.79 Å². The molecule has 0 aliphatic heterocycles. The number of thiophene rings is 1. The van der Waals surface area contributed by atoms with Crippen LogP contribution in [0.25, 0.3) is 10.6 Å². The van der Waals surface area contributed by atoms with E-state index in [1.54, 1.807) is 17.4 Å². The zero-order valence-electron chi connectivity index (χ0n) is 8.27. The molecule has 0 bridgehead atoms. The second-order valence-electron chi connectivity index (χ2n) is 3.04. The maximum atomic E-state index is 11.2. The lowest BCUT2D eigenvalue weighted by Crippen LogP contribution is -2.10. The summed E-state index contributed by atoms with van der Waals surface area (Å²) in [5.41, 5.74) is 0.719. The highest BCUT2D eigenvalue weighted by Crippen LogP contribution is 2.25.